The van der Waals surface area contributed by atoms with Crippen LogP contribution in [0.5, 0.6) is 0 Å². The maximum Gasteiger partial charge on any atom is 2.00 e. The third-order valence-corrected chi connectivity index (χ3v) is 2.72. The molecule has 0 saturated carbocycles. The molecule has 0 saturated heterocycles. The minimum atomic E-state index is -1.16. The molecule has 0 radical (unpaired) electrons. The Morgan fingerprint density at radius 3 is 1.76 bits per heavy atom. The van der Waals surface area contributed by atoms with Gasteiger partial charge in [0.2, 0.25) is 0 Å². The van der Waals surface area contributed by atoms with Gasteiger partial charge in [0.05, 0.1) is 6.61 Å². The van der Waals surface area contributed by atoms with Gasteiger partial charge in [-0.1, -0.05) is 64.7 Å². The molecule has 1 N–H and O–H groups in total. The van der Waals surface area contributed by atoms with Crippen LogP contribution in [0.3, 0.4) is 0 Å². The first-order valence-corrected chi connectivity index (χ1v) is 6.63. The van der Waals surface area contributed by atoms with Crippen LogP contribution in [0.1, 0.15) is 74.0 Å². The van der Waals surface area contributed by atoms with E-state index in [1.807, 2.05) is 0 Å². The second-order valence-electron chi connectivity index (χ2n) is 4.30. The number of unbranched alkanes of at least 4 members (excludes halogenated alkanes) is 9. The Bertz CT molecular complexity index is 172. The predicted molar refractivity (Wildman–Crippen MR) is 73.8 cm³/mol. The van der Waals surface area contributed by atoms with Crippen LogP contribution < -0.4 is 0 Å². The zero-order valence-corrected chi connectivity index (χ0v) is 13.5. The summed E-state index contributed by atoms with van der Waals surface area (Å²) in [6.07, 6.45) is 11.4. The van der Waals surface area contributed by atoms with Crippen LogP contribution in [0.25, 0.3) is 0 Å². The Kier molecular flexibility index (Phi) is 19.3. The summed E-state index contributed by atoms with van der Waals surface area (Å²) < 4.78 is 4.43. The van der Waals surface area contributed by atoms with Crippen molar-refractivity contribution in [2.24, 2.45) is 0 Å². The van der Waals surface area contributed by atoms with Crippen molar-refractivity contribution in [2.45, 2.75) is 71.1 Å². The monoisotopic (exact) mass is 272 g/mol. The Balaban J connectivity index is -0.000000375. The summed E-state index contributed by atoms with van der Waals surface area (Å²) in [7, 11) is 0. The van der Waals surface area contributed by atoms with Crippen LogP contribution in [0.2, 0.25) is 0 Å². The fourth-order valence-electron chi connectivity index (χ4n) is 1.75. The van der Waals surface area contributed by atoms with E-state index in [0.717, 1.165) is 12.8 Å². The van der Waals surface area contributed by atoms with Crippen LogP contribution in [0.4, 0.5) is 4.79 Å². The molecule has 0 bridgehead atoms. The standard InChI is InChI=1S/C13H26O3.Ca.2H/c1-2-3-4-5-6-7-8-9-10-11-12-16-13(14)15;;;/h2-12H2,1H3,(H,14,15);;;/q;+2;2*-1. The molecule has 0 aromatic heterocycles. The summed E-state index contributed by atoms with van der Waals surface area (Å²) >= 11 is 0. The van der Waals surface area contributed by atoms with Crippen molar-refractivity contribution in [3.63, 3.8) is 0 Å². The van der Waals surface area contributed by atoms with Gasteiger partial charge in [-0.15, -0.1) is 0 Å². The topological polar surface area (TPSA) is 46.5 Å². The molecule has 0 atom stereocenters. The molecule has 0 aromatic carbocycles. The largest absolute Gasteiger partial charge is 2.00 e. The van der Waals surface area contributed by atoms with Crippen molar-refractivity contribution < 1.29 is 17.5 Å². The molecule has 0 spiro atoms. The summed E-state index contributed by atoms with van der Waals surface area (Å²) in [5.41, 5.74) is 0. The first-order chi connectivity index (χ1) is 7.77. The SMILES string of the molecule is CCCCCCCCCCCCOC(=O)O.[Ca+2].[H-].[H-]. The van der Waals surface area contributed by atoms with E-state index in [4.69, 9.17) is 5.11 Å². The molecular formula is C13H28CaO3. The minimum Gasteiger partial charge on any atom is -1.00 e. The molecule has 100 valence electrons. The molecule has 0 aliphatic rings. The molecule has 4 heteroatoms. The van der Waals surface area contributed by atoms with Crippen LogP contribution in [0, 0.1) is 0 Å². The van der Waals surface area contributed by atoms with Crippen molar-refractivity contribution in [1.82, 2.24) is 0 Å². The van der Waals surface area contributed by atoms with Crippen LogP contribution >= 0.6 is 0 Å². The summed E-state index contributed by atoms with van der Waals surface area (Å²) in [5.74, 6) is 0. The van der Waals surface area contributed by atoms with Crippen LogP contribution in [-0.4, -0.2) is 55.6 Å². The van der Waals surface area contributed by atoms with Gasteiger partial charge >= 0.3 is 43.9 Å². The van der Waals surface area contributed by atoms with Gasteiger partial charge in [0, 0.05) is 0 Å². The second-order valence-corrected chi connectivity index (χ2v) is 4.30. The van der Waals surface area contributed by atoms with Gasteiger partial charge in [0.25, 0.3) is 0 Å². The Labute approximate surface area is 138 Å². The van der Waals surface area contributed by atoms with Gasteiger partial charge in [-0.2, -0.15) is 0 Å². The van der Waals surface area contributed by atoms with Gasteiger partial charge in [-0.05, 0) is 6.42 Å². The van der Waals surface area contributed by atoms with Crippen LogP contribution in [-0.2, 0) is 4.74 Å². The molecule has 17 heavy (non-hydrogen) atoms. The van der Waals surface area contributed by atoms with E-state index in [1.54, 1.807) is 0 Å². The van der Waals surface area contributed by atoms with Gasteiger partial charge in [-0.3, -0.25) is 0 Å². The smallest absolute Gasteiger partial charge is 1.00 e. The zero-order chi connectivity index (χ0) is 12.1. The van der Waals surface area contributed by atoms with Crippen molar-refractivity contribution in [3.05, 3.63) is 0 Å². The van der Waals surface area contributed by atoms with E-state index in [2.05, 4.69) is 11.7 Å². The van der Waals surface area contributed by atoms with Crippen molar-refractivity contribution in [3.8, 4) is 0 Å². The number of ether oxygens (including phenoxy) is 1. The maximum atomic E-state index is 10.0. The Hall–Kier alpha value is 0.530. The van der Waals surface area contributed by atoms with Crippen molar-refractivity contribution >= 4 is 43.9 Å². The van der Waals surface area contributed by atoms with Crippen LogP contribution in [0.15, 0.2) is 0 Å². The molecule has 0 fully saturated rings. The number of hydrogen-bond acceptors (Lipinski definition) is 2. The summed E-state index contributed by atoms with van der Waals surface area (Å²) in [4.78, 5) is 10.0. The molecule has 0 amide bonds. The number of carboxylic acid groups (broad SMARTS) is 1. The quantitative estimate of drug-likeness (QED) is 0.343. The molecule has 0 aliphatic heterocycles. The molecule has 0 unspecified atom stereocenters. The van der Waals surface area contributed by atoms with Gasteiger partial charge in [0.1, 0.15) is 0 Å². The average molecular weight is 272 g/mol. The van der Waals surface area contributed by atoms with E-state index in [-0.39, 0.29) is 40.6 Å². The van der Waals surface area contributed by atoms with Crippen molar-refractivity contribution in [2.75, 3.05) is 6.61 Å². The van der Waals surface area contributed by atoms with E-state index in [9.17, 15) is 4.79 Å². The number of hydrogen-bond donors (Lipinski definition) is 1. The average Bonchev–Trinajstić information content (AvgIpc) is 2.25. The van der Waals surface area contributed by atoms with Gasteiger partial charge < -0.3 is 12.7 Å². The van der Waals surface area contributed by atoms with E-state index < -0.39 is 6.16 Å². The predicted octanol–water partition coefficient (Wildman–Crippen LogP) is 4.45. The molecule has 0 heterocycles. The van der Waals surface area contributed by atoms with Gasteiger partial charge in [0.15, 0.2) is 0 Å². The first kappa shape index (κ1) is 19.9. The summed E-state index contributed by atoms with van der Waals surface area (Å²) in [6, 6.07) is 0. The molecular weight excluding hydrogens is 244 g/mol. The van der Waals surface area contributed by atoms with Gasteiger partial charge in [-0.25, -0.2) is 4.79 Å². The fraction of sp³-hybridized carbons (Fsp3) is 0.923. The van der Waals surface area contributed by atoms with Crippen molar-refractivity contribution in [1.29, 1.82) is 0 Å². The fourth-order valence-corrected chi connectivity index (χ4v) is 1.75. The summed E-state index contributed by atoms with van der Waals surface area (Å²) in [5, 5.41) is 8.23. The molecule has 0 aliphatic carbocycles. The minimum absolute atomic E-state index is 0. The third-order valence-electron chi connectivity index (χ3n) is 2.72. The normalized spacial score (nSPS) is 9.71. The van der Waals surface area contributed by atoms with E-state index >= 15 is 0 Å². The Morgan fingerprint density at radius 1 is 0.941 bits per heavy atom. The second kappa shape index (κ2) is 16.5. The van der Waals surface area contributed by atoms with E-state index in [0.29, 0.717) is 6.61 Å². The molecule has 3 nitrogen and oxygen atoms in total. The van der Waals surface area contributed by atoms with E-state index in [1.165, 1.54) is 51.4 Å². The maximum absolute atomic E-state index is 10.0. The molecule has 0 rings (SSSR count). The summed E-state index contributed by atoms with van der Waals surface area (Å²) in [6.45, 7) is 2.59. The molecule has 0 aromatic rings. The zero-order valence-electron chi connectivity index (χ0n) is 13.2. The number of rotatable bonds is 11. The third kappa shape index (κ3) is 19.1. The Morgan fingerprint density at radius 2 is 1.35 bits per heavy atom. The number of carbonyl (C=O) groups is 1. The first-order valence-electron chi connectivity index (χ1n) is 6.63.